The van der Waals surface area contributed by atoms with E-state index in [9.17, 15) is 8.78 Å². The topological polar surface area (TPSA) is 48.1 Å². The van der Waals surface area contributed by atoms with Gasteiger partial charge in [0.2, 0.25) is 0 Å². The summed E-state index contributed by atoms with van der Waals surface area (Å²) in [6, 6.07) is 3.95. The third kappa shape index (κ3) is 4.22. The minimum absolute atomic E-state index is 0.121. The van der Waals surface area contributed by atoms with Gasteiger partial charge in [-0.3, -0.25) is 4.98 Å². The molecule has 0 radical (unpaired) electrons. The molecule has 1 unspecified atom stereocenters. The van der Waals surface area contributed by atoms with Crippen LogP contribution in [0, 0.1) is 11.6 Å². The second-order valence-corrected chi connectivity index (χ2v) is 5.62. The quantitative estimate of drug-likeness (QED) is 0.873. The summed E-state index contributed by atoms with van der Waals surface area (Å²) in [7, 11) is 0. The first-order chi connectivity index (χ1) is 9.99. The molecule has 0 fully saturated rings. The van der Waals surface area contributed by atoms with Gasteiger partial charge in [0.1, 0.15) is 5.75 Å². The normalized spacial score (nSPS) is 12.2. The lowest BCUT2D eigenvalue weighted by atomic mass is 10.0. The van der Waals surface area contributed by atoms with E-state index >= 15 is 0 Å². The highest BCUT2D eigenvalue weighted by Gasteiger charge is 2.15. The number of hydrogen-bond acceptors (Lipinski definition) is 3. The highest BCUT2D eigenvalue weighted by molar-refractivity contribution is 9.10. The van der Waals surface area contributed by atoms with Gasteiger partial charge >= 0.3 is 0 Å². The number of aromatic nitrogens is 1. The van der Waals surface area contributed by atoms with E-state index in [4.69, 9.17) is 10.5 Å². The average Bonchev–Trinajstić information content (AvgIpc) is 2.43. The first-order valence-corrected chi connectivity index (χ1v) is 7.30. The monoisotopic (exact) mass is 356 g/mol. The van der Waals surface area contributed by atoms with Crippen molar-refractivity contribution in [1.29, 1.82) is 0 Å². The molecular formula is C15H15BrF2N2O. The van der Waals surface area contributed by atoms with E-state index in [0.29, 0.717) is 16.5 Å². The van der Waals surface area contributed by atoms with Crippen LogP contribution in [-0.4, -0.2) is 11.0 Å². The molecule has 0 amide bonds. The summed E-state index contributed by atoms with van der Waals surface area (Å²) in [4.78, 5) is 3.87. The maximum Gasteiger partial charge on any atom is 0.198 e. The molecule has 1 heterocycles. The first-order valence-electron chi connectivity index (χ1n) is 6.51. The zero-order chi connectivity index (χ0) is 15.4. The molecule has 0 saturated heterocycles. The van der Waals surface area contributed by atoms with Gasteiger partial charge in [-0.15, -0.1) is 0 Å². The number of benzene rings is 1. The number of nitrogens with zero attached hydrogens (tertiary/aromatic N) is 1. The average molecular weight is 357 g/mol. The summed E-state index contributed by atoms with van der Waals surface area (Å²) in [6.07, 6.45) is 4.09. The van der Waals surface area contributed by atoms with E-state index in [1.165, 1.54) is 18.3 Å². The Morgan fingerprint density at radius 1 is 1.24 bits per heavy atom. The van der Waals surface area contributed by atoms with Crippen molar-refractivity contribution < 1.29 is 13.5 Å². The molecule has 0 aliphatic rings. The van der Waals surface area contributed by atoms with Gasteiger partial charge in [-0.25, -0.2) is 8.78 Å². The van der Waals surface area contributed by atoms with Crippen LogP contribution in [-0.2, 0) is 6.42 Å². The number of pyridine rings is 1. The Balaban J connectivity index is 2.25. The molecular weight excluding hydrogens is 342 g/mol. The van der Waals surface area contributed by atoms with Crippen LogP contribution < -0.4 is 10.5 Å². The molecule has 2 rings (SSSR count). The van der Waals surface area contributed by atoms with Gasteiger partial charge in [0, 0.05) is 16.7 Å². The zero-order valence-electron chi connectivity index (χ0n) is 11.4. The van der Waals surface area contributed by atoms with E-state index in [1.54, 1.807) is 12.3 Å². The van der Waals surface area contributed by atoms with Gasteiger partial charge in [0.25, 0.3) is 0 Å². The fraction of sp³-hybridized carbons (Fsp3) is 0.267. The number of nitrogens with two attached hydrogens (primary N) is 1. The van der Waals surface area contributed by atoms with Crippen LogP contribution in [0.1, 0.15) is 18.9 Å². The Morgan fingerprint density at radius 3 is 2.48 bits per heavy atom. The smallest absolute Gasteiger partial charge is 0.198 e. The first kappa shape index (κ1) is 15.9. The van der Waals surface area contributed by atoms with E-state index in [1.807, 2.05) is 6.92 Å². The van der Waals surface area contributed by atoms with Crippen molar-refractivity contribution in [3.05, 3.63) is 52.3 Å². The molecule has 21 heavy (non-hydrogen) atoms. The van der Waals surface area contributed by atoms with E-state index < -0.39 is 17.4 Å². The second-order valence-electron chi connectivity index (χ2n) is 4.70. The van der Waals surface area contributed by atoms with Crippen LogP contribution in [0.15, 0.2) is 35.1 Å². The van der Waals surface area contributed by atoms with Crippen molar-refractivity contribution in [2.24, 2.45) is 5.73 Å². The summed E-state index contributed by atoms with van der Waals surface area (Å²) in [5.41, 5.74) is 6.31. The summed E-state index contributed by atoms with van der Waals surface area (Å²) < 4.78 is 33.9. The molecule has 112 valence electrons. The number of ether oxygens (including phenoxy) is 1. The summed E-state index contributed by atoms with van der Waals surface area (Å²) in [6.45, 7) is 1.93. The summed E-state index contributed by atoms with van der Waals surface area (Å²) in [5, 5.41) is 0. The van der Waals surface area contributed by atoms with Crippen molar-refractivity contribution in [3.63, 3.8) is 0 Å². The molecule has 6 heteroatoms. The Labute approximate surface area is 130 Å². The van der Waals surface area contributed by atoms with Crippen LogP contribution in [0.3, 0.4) is 0 Å². The molecule has 2 aromatic rings. The fourth-order valence-corrected chi connectivity index (χ4v) is 2.18. The van der Waals surface area contributed by atoms with E-state index in [-0.39, 0.29) is 11.8 Å². The molecule has 0 aliphatic carbocycles. The third-order valence-electron chi connectivity index (χ3n) is 2.98. The minimum Gasteiger partial charge on any atom is -0.450 e. The second kappa shape index (κ2) is 6.95. The molecule has 0 spiro atoms. The predicted octanol–water partition coefficient (Wildman–Crippen LogP) is 4.19. The standard InChI is InChI=1S/C15H15BrF2N2O/c1-2-11(19)3-9-4-13(17)15(14(18)5-9)21-12-6-10(16)7-20-8-12/h4-8,11H,2-3,19H2,1H3. The van der Waals surface area contributed by atoms with Crippen molar-refractivity contribution in [2.75, 3.05) is 0 Å². The zero-order valence-corrected chi connectivity index (χ0v) is 13.0. The van der Waals surface area contributed by atoms with Crippen molar-refractivity contribution >= 4 is 15.9 Å². The van der Waals surface area contributed by atoms with E-state index in [2.05, 4.69) is 20.9 Å². The SMILES string of the molecule is CCC(N)Cc1cc(F)c(Oc2cncc(Br)c2)c(F)c1. The van der Waals surface area contributed by atoms with Crippen molar-refractivity contribution in [2.45, 2.75) is 25.8 Å². The van der Waals surface area contributed by atoms with Crippen LogP contribution >= 0.6 is 15.9 Å². The predicted molar refractivity (Wildman–Crippen MR) is 80.3 cm³/mol. The van der Waals surface area contributed by atoms with Crippen LogP contribution in [0.4, 0.5) is 8.78 Å². The number of rotatable bonds is 5. The van der Waals surface area contributed by atoms with E-state index in [0.717, 1.165) is 6.42 Å². The van der Waals surface area contributed by atoms with Gasteiger partial charge < -0.3 is 10.5 Å². The number of hydrogen-bond donors (Lipinski definition) is 1. The number of halogens is 3. The molecule has 0 saturated carbocycles. The van der Waals surface area contributed by atoms with Gasteiger partial charge in [-0.2, -0.15) is 0 Å². The van der Waals surface area contributed by atoms with Crippen LogP contribution in [0.2, 0.25) is 0 Å². The van der Waals surface area contributed by atoms with Crippen LogP contribution in [0.25, 0.3) is 0 Å². The van der Waals surface area contributed by atoms with Gasteiger partial charge in [0.15, 0.2) is 17.4 Å². The Hall–Kier alpha value is -1.53. The summed E-state index contributed by atoms with van der Waals surface area (Å²) in [5.74, 6) is -1.70. The Morgan fingerprint density at radius 2 is 1.90 bits per heavy atom. The molecule has 1 atom stereocenters. The van der Waals surface area contributed by atoms with Crippen LogP contribution in [0.5, 0.6) is 11.5 Å². The van der Waals surface area contributed by atoms with Gasteiger partial charge in [0.05, 0.1) is 6.20 Å². The molecule has 0 aliphatic heterocycles. The Bertz CT molecular complexity index is 614. The maximum absolute atomic E-state index is 14.0. The van der Waals surface area contributed by atoms with Gasteiger partial charge in [-0.05, 0) is 52.5 Å². The fourth-order valence-electron chi connectivity index (χ4n) is 1.84. The third-order valence-corrected chi connectivity index (χ3v) is 3.41. The molecule has 0 bridgehead atoms. The molecule has 2 N–H and O–H groups in total. The molecule has 1 aromatic heterocycles. The van der Waals surface area contributed by atoms with Crippen molar-refractivity contribution in [1.82, 2.24) is 4.98 Å². The minimum atomic E-state index is -0.756. The van der Waals surface area contributed by atoms with Crippen molar-refractivity contribution in [3.8, 4) is 11.5 Å². The maximum atomic E-state index is 14.0. The molecule has 1 aromatic carbocycles. The lowest BCUT2D eigenvalue weighted by Crippen LogP contribution is -2.21. The highest BCUT2D eigenvalue weighted by atomic mass is 79.9. The summed E-state index contributed by atoms with van der Waals surface area (Å²) >= 11 is 3.22. The molecule has 3 nitrogen and oxygen atoms in total. The lowest BCUT2D eigenvalue weighted by Gasteiger charge is -2.12. The lowest BCUT2D eigenvalue weighted by molar-refractivity contribution is 0.404. The highest BCUT2D eigenvalue weighted by Crippen LogP contribution is 2.29. The van der Waals surface area contributed by atoms with Gasteiger partial charge in [-0.1, -0.05) is 6.92 Å². The Kier molecular flexibility index (Phi) is 5.25. The largest absolute Gasteiger partial charge is 0.450 e.